The van der Waals surface area contributed by atoms with Crippen molar-refractivity contribution in [3.63, 3.8) is 0 Å². The zero-order valence-electron chi connectivity index (χ0n) is 21.6. The molecule has 7 nitrogen and oxygen atoms in total. The molecule has 0 radical (unpaired) electrons. The highest BCUT2D eigenvalue weighted by Gasteiger charge is 2.25. The molecule has 7 heteroatoms. The van der Waals surface area contributed by atoms with E-state index in [9.17, 15) is 4.79 Å². The molecular formula is C32H29N5O2. The van der Waals surface area contributed by atoms with Crippen LogP contribution in [0.25, 0.3) is 28.4 Å². The largest absolute Gasteiger partial charge is 0.354 e. The van der Waals surface area contributed by atoms with E-state index >= 15 is 0 Å². The van der Waals surface area contributed by atoms with E-state index in [4.69, 9.17) is 14.5 Å². The van der Waals surface area contributed by atoms with E-state index in [1.807, 2.05) is 89.8 Å². The molecule has 0 atom stereocenters. The fourth-order valence-electron chi connectivity index (χ4n) is 4.95. The SMILES string of the molecule is O=C(/C=C/c1ccccc1)N1CCCN(c2nc(Cc3ccccc3)nc3onc(-c4ccccc4)c23)CC1. The Morgan fingerprint density at radius 3 is 2.31 bits per heavy atom. The highest BCUT2D eigenvalue weighted by atomic mass is 16.5. The lowest BCUT2D eigenvalue weighted by atomic mass is 10.1. The first-order valence-electron chi connectivity index (χ1n) is 13.3. The van der Waals surface area contributed by atoms with E-state index in [-0.39, 0.29) is 5.91 Å². The Bertz CT molecular complexity index is 1580. The third kappa shape index (κ3) is 5.57. The molecule has 1 amide bonds. The molecule has 2 aromatic heterocycles. The molecule has 1 fully saturated rings. The summed E-state index contributed by atoms with van der Waals surface area (Å²) in [6, 6.07) is 30.0. The molecule has 1 aliphatic rings. The highest BCUT2D eigenvalue weighted by molar-refractivity contribution is 5.98. The second kappa shape index (κ2) is 11.3. The summed E-state index contributed by atoms with van der Waals surface area (Å²) in [5, 5.41) is 5.22. The van der Waals surface area contributed by atoms with Gasteiger partial charge in [0.1, 0.15) is 22.7 Å². The van der Waals surface area contributed by atoms with Gasteiger partial charge in [0.2, 0.25) is 5.91 Å². The minimum absolute atomic E-state index is 0.0215. The molecule has 0 saturated carbocycles. The maximum atomic E-state index is 13.0. The van der Waals surface area contributed by atoms with Crippen LogP contribution in [0.2, 0.25) is 0 Å². The van der Waals surface area contributed by atoms with Crippen molar-refractivity contribution in [1.29, 1.82) is 0 Å². The average molecular weight is 516 g/mol. The number of hydrogen-bond donors (Lipinski definition) is 0. The third-order valence-electron chi connectivity index (χ3n) is 6.94. The van der Waals surface area contributed by atoms with E-state index in [2.05, 4.69) is 22.2 Å². The Balaban J connectivity index is 1.31. The molecule has 0 aliphatic carbocycles. The number of aromatic nitrogens is 3. The molecule has 39 heavy (non-hydrogen) atoms. The van der Waals surface area contributed by atoms with Crippen molar-refractivity contribution in [3.8, 4) is 11.3 Å². The number of benzene rings is 3. The van der Waals surface area contributed by atoms with Crippen LogP contribution in [-0.2, 0) is 11.2 Å². The fraction of sp³-hybridized carbons (Fsp3) is 0.188. The summed E-state index contributed by atoms with van der Waals surface area (Å²) in [6.07, 6.45) is 4.96. The molecule has 6 rings (SSSR count). The van der Waals surface area contributed by atoms with Crippen LogP contribution in [0.5, 0.6) is 0 Å². The predicted octanol–water partition coefficient (Wildman–Crippen LogP) is 5.63. The second-order valence-electron chi connectivity index (χ2n) is 9.61. The number of anilines is 1. The number of nitrogens with zero attached hydrogens (tertiary/aromatic N) is 5. The van der Waals surface area contributed by atoms with Crippen LogP contribution in [0.4, 0.5) is 5.82 Å². The summed E-state index contributed by atoms with van der Waals surface area (Å²) in [6.45, 7) is 2.71. The molecule has 0 spiro atoms. The summed E-state index contributed by atoms with van der Waals surface area (Å²) >= 11 is 0. The molecule has 5 aromatic rings. The van der Waals surface area contributed by atoms with Gasteiger partial charge in [0, 0.05) is 44.2 Å². The van der Waals surface area contributed by atoms with E-state index in [0.717, 1.165) is 46.6 Å². The van der Waals surface area contributed by atoms with Gasteiger partial charge in [-0.2, -0.15) is 4.98 Å². The Morgan fingerprint density at radius 2 is 1.54 bits per heavy atom. The number of hydrogen-bond acceptors (Lipinski definition) is 6. The van der Waals surface area contributed by atoms with Crippen molar-refractivity contribution < 1.29 is 9.32 Å². The molecule has 3 heterocycles. The summed E-state index contributed by atoms with van der Waals surface area (Å²) in [7, 11) is 0. The zero-order valence-corrected chi connectivity index (χ0v) is 21.6. The van der Waals surface area contributed by atoms with Crippen molar-refractivity contribution in [2.75, 3.05) is 31.1 Å². The van der Waals surface area contributed by atoms with Gasteiger partial charge in [-0.1, -0.05) is 96.2 Å². The molecular weight excluding hydrogens is 486 g/mol. The molecule has 0 N–H and O–H groups in total. The number of amides is 1. The van der Waals surface area contributed by atoms with Gasteiger partial charge in [-0.05, 0) is 23.6 Å². The summed E-state index contributed by atoms with van der Waals surface area (Å²) < 4.78 is 5.78. The fourth-order valence-corrected chi connectivity index (χ4v) is 4.95. The second-order valence-corrected chi connectivity index (χ2v) is 9.61. The minimum Gasteiger partial charge on any atom is -0.354 e. The van der Waals surface area contributed by atoms with Crippen molar-refractivity contribution in [1.82, 2.24) is 20.0 Å². The quantitative estimate of drug-likeness (QED) is 0.273. The van der Waals surface area contributed by atoms with Crippen LogP contribution in [-0.4, -0.2) is 52.1 Å². The number of rotatable bonds is 6. The van der Waals surface area contributed by atoms with Crippen molar-refractivity contribution in [3.05, 3.63) is 114 Å². The lowest BCUT2D eigenvalue weighted by Crippen LogP contribution is -2.34. The van der Waals surface area contributed by atoms with Crippen LogP contribution < -0.4 is 4.90 Å². The summed E-state index contributed by atoms with van der Waals surface area (Å²) in [5.74, 6) is 1.51. The highest BCUT2D eigenvalue weighted by Crippen LogP contribution is 2.34. The van der Waals surface area contributed by atoms with E-state index in [0.29, 0.717) is 37.6 Å². The average Bonchev–Trinajstić information content (AvgIpc) is 3.26. The summed E-state index contributed by atoms with van der Waals surface area (Å²) in [4.78, 5) is 27.0. The van der Waals surface area contributed by atoms with Crippen LogP contribution >= 0.6 is 0 Å². The molecule has 3 aromatic carbocycles. The van der Waals surface area contributed by atoms with Crippen LogP contribution in [0.15, 0.2) is 102 Å². The van der Waals surface area contributed by atoms with E-state index in [1.165, 1.54) is 0 Å². The molecule has 1 saturated heterocycles. The maximum absolute atomic E-state index is 13.0. The predicted molar refractivity (Wildman–Crippen MR) is 153 cm³/mol. The zero-order chi connectivity index (χ0) is 26.4. The Hall–Kier alpha value is -4.78. The van der Waals surface area contributed by atoms with Gasteiger partial charge in [0.05, 0.1) is 0 Å². The van der Waals surface area contributed by atoms with Gasteiger partial charge in [0.25, 0.3) is 5.71 Å². The van der Waals surface area contributed by atoms with Crippen molar-refractivity contribution >= 4 is 28.9 Å². The number of carbonyl (C=O) groups is 1. The van der Waals surface area contributed by atoms with Crippen LogP contribution in [0.3, 0.4) is 0 Å². The number of fused-ring (bicyclic) bond motifs is 1. The normalized spacial score (nSPS) is 14.2. The van der Waals surface area contributed by atoms with Crippen molar-refractivity contribution in [2.24, 2.45) is 0 Å². The monoisotopic (exact) mass is 515 g/mol. The van der Waals surface area contributed by atoms with E-state index < -0.39 is 0 Å². The van der Waals surface area contributed by atoms with Crippen LogP contribution in [0, 0.1) is 0 Å². The Labute approximate surface area is 227 Å². The van der Waals surface area contributed by atoms with Crippen LogP contribution in [0.1, 0.15) is 23.4 Å². The van der Waals surface area contributed by atoms with Gasteiger partial charge >= 0.3 is 0 Å². The molecule has 0 bridgehead atoms. The van der Waals surface area contributed by atoms with Gasteiger partial charge in [-0.3, -0.25) is 4.79 Å². The first-order valence-corrected chi connectivity index (χ1v) is 13.3. The third-order valence-corrected chi connectivity index (χ3v) is 6.94. The molecule has 1 aliphatic heterocycles. The lowest BCUT2D eigenvalue weighted by molar-refractivity contribution is -0.125. The first-order chi connectivity index (χ1) is 19.2. The Kier molecular flexibility index (Phi) is 7.12. The van der Waals surface area contributed by atoms with Crippen molar-refractivity contribution in [2.45, 2.75) is 12.8 Å². The Morgan fingerprint density at radius 1 is 0.821 bits per heavy atom. The van der Waals surface area contributed by atoms with Gasteiger partial charge in [-0.25, -0.2) is 4.98 Å². The molecule has 194 valence electrons. The lowest BCUT2D eigenvalue weighted by Gasteiger charge is -2.23. The van der Waals surface area contributed by atoms with Gasteiger partial charge in [-0.15, -0.1) is 0 Å². The summed E-state index contributed by atoms with van der Waals surface area (Å²) in [5.41, 5.74) is 4.30. The topological polar surface area (TPSA) is 75.4 Å². The van der Waals surface area contributed by atoms with Gasteiger partial charge in [0.15, 0.2) is 0 Å². The minimum atomic E-state index is 0.0215. The maximum Gasteiger partial charge on any atom is 0.263 e. The number of carbonyl (C=O) groups excluding carboxylic acids is 1. The van der Waals surface area contributed by atoms with Gasteiger partial charge < -0.3 is 14.3 Å². The molecule has 0 unspecified atom stereocenters. The standard InChI is InChI=1S/C32H29N5O2/c38-28(18-17-24-11-4-1-5-12-24)36-19-10-20-37(22-21-36)31-29-30(26-15-8-3-9-16-26)35-39-32(29)34-27(33-31)23-25-13-6-2-7-14-25/h1-9,11-18H,10,19-23H2/b18-17+. The first kappa shape index (κ1) is 24.6. The smallest absolute Gasteiger partial charge is 0.263 e. The van der Waals surface area contributed by atoms with E-state index in [1.54, 1.807) is 6.08 Å².